The van der Waals surface area contributed by atoms with E-state index in [1.807, 2.05) is 0 Å². The largest absolute Gasteiger partial charge is 0.396 e. The Morgan fingerprint density at radius 2 is 2.17 bits per heavy atom. The van der Waals surface area contributed by atoms with Crippen molar-refractivity contribution in [2.24, 2.45) is 0 Å². The molecule has 1 aromatic carbocycles. The molecule has 0 bridgehead atoms. The molecule has 0 saturated carbocycles. The predicted octanol–water partition coefficient (Wildman–Crippen LogP) is 2.76. The molecule has 2 N–H and O–H groups in total. The van der Waals surface area contributed by atoms with Gasteiger partial charge in [-0.3, -0.25) is 9.19 Å². The van der Waals surface area contributed by atoms with E-state index in [-0.39, 0.29) is 16.3 Å². The van der Waals surface area contributed by atoms with E-state index in [1.165, 1.54) is 24.5 Å². The summed E-state index contributed by atoms with van der Waals surface area (Å²) in [6.45, 7) is 0. The van der Waals surface area contributed by atoms with Crippen LogP contribution in [0.2, 0.25) is 5.02 Å². The van der Waals surface area contributed by atoms with E-state index in [1.54, 1.807) is 12.1 Å². The number of pyridine rings is 1. The van der Waals surface area contributed by atoms with Gasteiger partial charge in [0.2, 0.25) is 0 Å². The number of halogens is 2. The van der Waals surface area contributed by atoms with Gasteiger partial charge in [0.05, 0.1) is 33.3 Å². The minimum atomic E-state index is -1.46. The quantitative estimate of drug-likeness (QED) is 0.943. The van der Waals surface area contributed by atoms with Crippen molar-refractivity contribution in [3.8, 4) is 0 Å². The first-order chi connectivity index (χ1) is 8.59. The zero-order valence-corrected chi connectivity index (χ0v) is 10.8. The van der Waals surface area contributed by atoms with Crippen LogP contribution < -0.4 is 5.73 Å². The van der Waals surface area contributed by atoms with E-state index in [9.17, 15) is 8.60 Å². The van der Waals surface area contributed by atoms with Crippen molar-refractivity contribution in [3.63, 3.8) is 0 Å². The van der Waals surface area contributed by atoms with E-state index < -0.39 is 16.6 Å². The van der Waals surface area contributed by atoms with Crippen LogP contribution in [0.15, 0.2) is 41.6 Å². The van der Waals surface area contributed by atoms with E-state index in [2.05, 4.69) is 4.98 Å². The summed E-state index contributed by atoms with van der Waals surface area (Å²) in [6.07, 6.45) is 2.91. The molecule has 0 aliphatic rings. The summed E-state index contributed by atoms with van der Waals surface area (Å²) in [6, 6.07) is 5.91. The first-order valence-electron chi connectivity index (χ1n) is 5.10. The summed E-state index contributed by atoms with van der Waals surface area (Å²) in [5, 5.41) is 0.260. The van der Waals surface area contributed by atoms with Crippen molar-refractivity contribution in [2.45, 2.75) is 10.6 Å². The molecule has 0 spiro atoms. The molecule has 18 heavy (non-hydrogen) atoms. The Bertz CT molecular complexity index is 586. The van der Waals surface area contributed by atoms with Crippen LogP contribution in [0, 0.1) is 5.82 Å². The van der Waals surface area contributed by atoms with Gasteiger partial charge in [0.15, 0.2) is 0 Å². The van der Waals surface area contributed by atoms with E-state index >= 15 is 0 Å². The molecular weight excluding hydrogens is 275 g/mol. The summed E-state index contributed by atoms with van der Waals surface area (Å²) in [5.74, 6) is -0.483. The second kappa shape index (κ2) is 5.46. The Morgan fingerprint density at radius 3 is 2.83 bits per heavy atom. The molecule has 94 valence electrons. The molecule has 2 aromatic rings. The molecule has 1 atom stereocenters. The maximum absolute atomic E-state index is 13.6. The Labute approximate surface area is 111 Å². The van der Waals surface area contributed by atoms with Gasteiger partial charge in [-0.1, -0.05) is 17.7 Å². The lowest BCUT2D eigenvalue weighted by molar-refractivity contribution is 0.615. The van der Waals surface area contributed by atoms with Crippen molar-refractivity contribution in [1.82, 2.24) is 4.98 Å². The number of hydrogen-bond acceptors (Lipinski definition) is 3. The number of hydrogen-bond donors (Lipinski definition) is 1. The average molecular weight is 285 g/mol. The summed E-state index contributed by atoms with van der Waals surface area (Å²) >= 11 is 5.88. The monoisotopic (exact) mass is 284 g/mol. The zero-order valence-electron chi connectivity index (χ0n) is 9.27. The summed E-state index contributed by atoms with van der Waals surface area (Å²) in [5.41, 5.74) is 6.22. The van der Waals surface area contributed by atoms with Gasteiger partial charge in [0.1, 0.15) is 5.82 Å². The number of aromatic nitrogens is 1. The fourth-order valence-corrected chi connectivity index (χ4v) is 3.03. The second-order valence-electron chi connectivity index (χ2n) is 3.60. The molecule has 1 unspecified atom stereocenters. The van der Waals surface area contributed by atoms with Crippen LogP contribution in [0.1, 0.15) is 5.56 Å². The van der Waals surface area contributed by atoms with Crippen LogP contribution in [0.3, 0.4) is 0 Å². The van der Waals surface area contributed by atoms with Gasteiger partial charge in [0.25, 0.3) is 0 Å². The first kappa shape index (κ1) is 13.0. The van der Waals surface area contributed by atoms with Crippen LogP contribution in [0.25, 0.3) is 0 Å². The van der Waals surface area contributed by atoms with Gasteiger partial charge >= 0.3 is 0 Å². The third-order valence-electron chi connectivity index (χ3n) is 2.39. The van der Waals surface area contributed by atoms with Crippen molar-refractivity contribution in [3.05, 3.63) is 53.1 Å². The topological polar surface area (TPSA) is 56.0 Å². The summed E-state index contributed by atoms with van der Waals surface area (Å²) in [7, 11) is -1.46. The Kier molecular flexibility index (Phi) is 3.93. The van der Waals surface area contributed by atoms with Gasteiger partial charge in [-0.05, 0) is 18.2 Å². The van der Waals surface area contributed by atoms with Crippen LogP contribution in [-0.4, -0.2) is 9.19 Å². The first-order valence-corrected chi connectivity index (χ1v) is 6.80. The van der Waals surface area contributed by atoms with Crippen molar-refractivity contribution >= 4 is 28.1 Å². The molecule has 0 amide bonds. The zero-order chi connectivity index (χ0) is 13.1. The lowest BCUT2D eigenvalue weighted by Gasteiger charge is -2.07. The van der Waals surface area contributed by atoms with Crippen LogP contribution in [0.4, 0.5) is 10.1 Å². The van der Waals surface area contributed by atoms with E-state index in [0.29, 0.717) is 10.6 Å². The van der Waals surface area contributed by atoms with Crippen LogP contribution in [0.5, 0.6) is 0 Å². The molecule has 2 rings (SSSR count). The molecular formula is C12H10ClFN2OS. The van der Waals surface area contributed by atoms with Crippen molar-refractivity contribution in [2.75, 3.05) is 5.73 Å². The van der Waals surface area contributed by atoms with E-state index in [4.69, 9.17) is 17.3 Å². The standard InChI is InChI=1S/C12H10ClFN2OS/c13-9-2-1-3-10(14)8(9)7-18(17)12-4-5-16-6-11(12)15/h1-6H,7,15H2. The SMILES string of the molecule is Nc1cnccc1S(=O)Cc1c(F)cccc1Cl. The predicted molar refractivity (Wildman–Crippen MR) is 70.2 cm³/mol. The highest BCUT2D eigenvalue weighted by molar-refractivity contribution is 7.84. The number of nitrogens with zero attached hydrogens (tertiary/aromatic N) is 1. The molecule has 3 nitrogen and oxygen atoms in total. The minimum absolute atomic E-state index is 0.0142. The molecule has 0 saturated heterocycles. The number of nitrogens with two attached hydrogens (primary N) is 1. The van der Waals surface area contributed by atoms with Gasteiger partial charge in [-0.15, -0.1) is 0 Å². The fourth-order valence-electron chi connectivity index (χ4n) is 1.48. The summed E-state index contributed by atoms with van der Waals surface area (Å²) < 4.78 is 25.7. The Balaban J connectivity index is 2.30. The third-order valence-corrected chi connectivity index (χ3v) is 4.16. The molecule has 0 radical (unpaired) electrons. The van der Waals surface area contributed by atoms with Gasteiger partial charge in [-0.25, -0.2) is 4.39 Å². The molecule has 1 heterocycles. The number of nitrogen functional groups attached to an aromatic ring is 1. The van der Waals surface area contributed by atoms with E-state index in [0.717, 1.165) is 0 Å². The normalized spacial score (nSPS) is 12.3. The van der Waals surface area contributed by atoms with Gasteiger partial charge in [0, 0.05) is 16.8 Å². The Morgan fingerprint density at radius 1 is 1.39 bits per heavy atom. The van der Waals surface area contributed by atoms with Crippen LogP contribution in [-0.2, 0) is 16.6 Å². The fraction of sp³-hybridized carbons (Fsp3) is 0.0833. The highest BCUT2D eigenvalue weighted by Gasteiger charge is 2.14. The van der Waals surface area contributed by atoms with Crippen LogP contribution >= 0.6 is 11.6 Å². The highest BCUT2D eigenvalue weighted by atomic mass is 35.5. The molecule has 0 aliphatic heterocycles. The molecule has 0 fully saturated rings. The number of anilines is 1. The smallest absolute Gasteiger partial charge is 0.128 e. The molecule has 6 heteroatoms. The lowest BCUT2D eigenvalue weighted by atomic mass is 10.2. The van der Waals surface area contributed by atoms with Crippen molar-refractivity contribution in [1.29, 1.82) is 0 Å². The summed E-state index contributed by atoms with van der Waals surface area (Å²) in [4.78, 5) is 4.24. The van der Waals surface area contributed by atoms with Gasteiger partial charge in [-0.2, -0.15) is 0 Å². The lowest BCUT2D eigenvalue weighted by Crippen LogP contribution is -2.03. The maximum Gasteiger partial charge on any atom is 0.128 e. The highest BCUT2D eigenvalue weighted by Crippen LogP contribution is 2.24. The minimum Gasteiger partial charge on any atom is -0.396 e. The number of rotatable bonds is 3. The van der Waals surface area contributed by atoms with Gasteiger partial charge < -0.3 is 5.73 Å². The molecule has 0 aliphatic carbocycles. The average Bonchev–Trinajstić information content (AvgIpc) is 2.34. The number of benzene rings is 1. The Hall–Kier alpha value is -1.46. The molecule has 1 aromatic heterocycles. The third kappa shape index (κ3) is 2.68. The maximum atomic E-state index is 13.6. The second-order valence-corrected chi connectivity index (χ2v) is 5.43. The van der Waals surface area contributed by atoms with Crippen molar-refractivity contribution < 1.29 is 8.60 Å².